The monoisotopic (exact) mass is 179 g/mol. The van der Waals surface area contributed by atoms with Gasteiger partial charge in [-0.05, 0) is 38.4 Å². The molecule has 0 aliphatic carbocycles. The standard InChI is InChI=1S/C11H17NO/c1-3-4-5-8-12-9-11-7-6-10(2)13-11/h3,6-7,12H,1,4-5,8-9H2,2H3. The van der Waals surface area contributed by atoms with Gasteiger partial charge in [-0.3, -0.25) is 0 Å². The van der Waals surface area contributed by atoms with Gasteiger partial charge in [0.1, 0.15) is 11.5 Å². The zero-order chi connectivity index (χ0) is 9.52. The van der Waals surface area contributed by atoms with Crippen molar-refractivity contribution < 1.29 is 4.42 Å². The zero-order valence-electron chi connectivity index (χ0n) is 8.18. The Morgan fingerprint density at radius 3 is 3.00 bits per heavy atom. The summed E-state index contributed by atoms with van der Waals surface area (Å²) in [6.07, 6.45) is 4.16. The summed E-state index contributed by atoms with van der Waals surface area (Å²) < 4.78 is 5.41. The summed E-state index contributed by atoms with van der Waals surface area (Å²) in [7, 11) is 0. The lowest BCUT2D eigenvalue weighted by Gasteiger charge is -2.00. The minimum Gasteiger partial charge on any atom is -0.465 e. The van der Waals surface area contributed by atoms with Gasteiger partial charge in [-0.15, -0.1) is 6.58 Å². The molecule has 2 heteroatoms. The smallest absolute Gasteiger partial charge is 0.117 e. The molecule has 0 radical (unpaired) electrons. The Morgan fingerprint density at radius 1 is 1.54 bits per heavy atom. The molecule has 0 atom stereocenters. The molecule has 1 rings (SSSR count). The van der Waals surface area contributed by atoms with Crippen LogP contribution in [0.3, 0.4) is 0 Å². The van der Waals surface area contributed by atoms with Crippen LogP contribution in [-0.4, -0.2) is 6.54 Å². The maximum atomic E-state index is 5.41. The fourth-order valence-electron chi connectivity index (χ4n) is 1.16. The molecule has 0 fully saturated rings. The van der Waals surface area contributed by atoms with Crippen molar-refractivity contribution >= 4 is 0 Å². The average molecular weight is 179 g/mol. The molecule has 13 heavy (non-hydrogen) atoms. The number of nitrogens with one attached hydrogen (secondary N) is 1. The van der Waals surface area contributed by atoms with Crippen LogP contribution in [0.1, 0.15) is 24.4 Å². The largest absolute Gasteiger partial charge is 0.465 e. The fourth-order valence-corrected chi connectivity index (χ4v) is 1.16. The second kappa shape index (κ2) is 5.60. The van der Waals surface area contributed by atoms with Gasteiger partial charge < -0.3 is 9.73 Å². The van der Waals surface area contributed by atoms with E-state index in [0.29, 0.717) is 0 Å². The van der Waals surface area contributed by atoms with Gasteiger partial charge in [0.05, 0.1) is 6.54 Å². The van der Waals surface area contributed by atoms with E-state index in [9.17, 15) is 0 Å². The normalized spacial score (nSPS) is 10.2. The van der Waals surface area contributed by atoms with Crippen molar-refractivity contribution in [1.82, 2.24) is 5.32 Å². The van der Waals surface area contributed by atoms with Crippen LogP contribution in [0, 0.1) is 6.92 Å². The van der Waals surface area contributed by atoms with Crippen LogP contribution in [0.2, 0.25) is 0 Å². The van der Waals surface area contributed by atoms with E-state index in [0.717, 1.165) is 37.5 Å². The minimum absolute atomic E-state index is 0.824. The molecule has 0 saturated heterocycles. The number of hydrogen-bond acceptors (Lipinski definition) is 2. The van der Waals surface area contributed by atoms with E-state index < -0.39 is 0 Å². The molecule has 0 amide bonds. The average Bonchev–Trinajstić information content (AvgIpc) is 2.51. The molecule has 1 heterocycles. The number of furan rings is 1. The zero-order valence-corrected chi connectivity index (χ0v) is 8.18. The number of rotatable bonds is 6. The van der Waals surface area contributed by atoms with Gasteiger partial charge in [0.15, 0.2) is 0 Å². The molecule has 0 aliphatic rings. The van der Waals surface area contributed by atoms with E-state index in [4.69, 9.17) is 4.42 Å². The SMILES string of the molecule is C=CCCCNCc1ccc(C)o1. The van der Waals surface area contributed by atoms with Gasteiger partial charge in [0.25, 0.3) is 0 Å². The Kier molecular flexibility index (Phi) is 4.33. The van der Waals surface area contributed by atoms with Gasteiger partial charge in [0, 0.05) is 0 Å². The van der Waals surface area contributed by atoms with E-state index in [1.54, 1.807) is 0 Å². The quantitative estimate of drug-likeness (QED) is 0.536. The van der Waals surface area contributed by atoms with Crippen molar-refractivity contribution in [3.63, 3.8) is 0 Å². The fraction of sp³-hybridized carbons (Fsp3) is 0.455. The number of allylic oxidation sites excluding steroid dienone is 1. The van der Waals surface area contributed by atoms with Crippen LogP contribution >= 0.6 is 0 Å². The minimum atomic E-state index is 0.824. The van der Waals surface area contributed by atoms with Gasteiger partial charge in [-0.2, -0.15) is 0 Å². The predicted molar refractivity (Wildman–Crippen MR) is 54.6 cm³/mol. The molecular formula is C11H17NO. The lowest BCUT2D eigenvalue weighted by Crippen LogP contribution is -2.13. The summed E-state index contributed by atoms with van der Waals surface area (Å²) in [4.78, 5) is 0. The third-order valence-electron chi connectivity index (χ3n) is 1.86. The van der Waals surface area contributed by atoms with E-state index in [2.05, 4.69) is 11.9 Å². The lowest BCUT2D eigenvalue weighted by atomic mass is 10.3. The molecule has 0 unspecified atom stereocenters. The Labute approximate surface area is 79.6 Å². The first-order chi connectivity index (χ1) is 6.33. The topological polar surface area (TPSA) is 25.2 Å². The van der Waals surface area contributed by atoms with Gasteiger partial charge >= 0.3 is 0 Å². The predicted octanol–water partition coefficient (Wildman–Crippen LogP) is 2.64. The molecule has 0 aliphatic heterocycles. The number of unbranched alkanes of at least 4 members (excludes halogenated alkanes) is 1. The van der Waals surface area contributed by atoms with E-state index in [1.807, 2.05) is 25.1 Å². The molecule has 1 aromatic heterocycles. The van der Waals surface area contributed by atoms with Crippen molar-refractivity contribution in [1.29, 1.82) is 0 Å². The van der Waals surface area contributed by atoms with E-state index in [1.165, 1.54) is 0 Å². The van der Waals surface area contributed by atoms with Crippen molar-refractivity contribution in [2.45, 2.75) is 26.3 Å². The highest BCUT2D eigenvalue weighted by Crippen LogP contribution is 2.05. The first-order valence-corrected chi connectivity index (χ1v) is 4.70. The van der Waals surface area contributed by atoms with E-state index >= 15 is 0 Å². The molecule has 0 saturated carbocycles. The van der Waals surface area contributed by atoms with Crippen LogP contribution < -0.4 is 5.32 Å². The maximum Gasteiger partial charge on any atom is 0.117 e. The Morgan fingerprint density at radius 2 is 2.38 bits per heavy atom. The Hall–Kier alpha value is -1.02. The second-order valence-electron chi connectivity index (χ2n) is 3.12. The van der Waals surface area contributed by atoms with E-state index in [-0.39, 0.29) is 0 Å². The molecule has 0 bridgehead atoms. The van der Waals surface area contributed by atoms with Crippen molar-refractivity contribution in [2.75, 3.05) is 6.54 Å². The van der Waals surface area contributed by atoms with Crippen molar-refractivity contribution in [2.24, 2.45) is 0 Å². The molecule has 0 spiro atoms. The highest BCUT2D eigenvalue weighted by atomic mass is 16.3. The second-order valence-corrected chi connectivity index (χ2v) is 3.12. The lowest BCUT2D eigenvalue weighted by molar-refractivity contribution is 0.461. The molecule has 1 N–H and O–H groups in total. The summed E-state index contributed by atoms with van der Waals surface area (Å²) in [5, 5.41) is 3.31. The summed E-state index contributed by atoms with van der Waals surface area (Å²) in [6, 6.07) is 4.00. The molecule has 72 valence electrons. The van der Waals surface area contributed by atoms with Crippen LogP contribution in [0.4, 0.5) is 0 Å². The van der Waals surface area contributed by atoms with Crippen LogP contribution in [-0.2, 0) is 6.54 Å². The van der Waals surface area contributed by atoms with Gasteiger partial charge in [0.2, 0.25) is 0 Å². The highest BCUT2D eigenvalue weighted by Gasteiger charge is 1.96. The van der Waals surface area contributed by atoms with Crippen molar-refractivity contribution in [3.05, 3.63) is 36.3 Å². The Balaban J connectivity index is 2.09. The van der Waals surface area contributed by atoms with Crippen LogP contribution in [0.25, 0.3) is 0 Å². The van der Waals surface area contributed by atoms with Crippen LogP contribution in [0.15, 0.2) is 29.2 Å². The first kappa shape index (κ1) is 10.1. The number of aryl methyl sites for hydroxylation is 1. The van der Waals surface area contributed by atoms with Crippen LogP contribution in [0.5, 0.6) is 0 Å². The molecular weight excluding hydrogens is 162 g/mol. The molecule has 2 nitrogen and oxygen atoms in total. The highest BCUT2D eigenvalue weighted by molar-refractivity contribution is 5.04. The molecule has 0 aromatic carbocycles. The maximum absolute atomic E-state index is 5.41. The Bertz CT molecular complexity index is 252. The summed E-state index contributed by atoms with van der Waals surface area (Å²) in [5.74, 6) is 1.99. The molecule has 1 aromatic rings. The summed E-state index contributed by atoms with van der Waals surface area (Å²) >= 11 is 0. The summed E-state index contributed by atoms with van der Waals surface area (Å²) in [5.41, 5.74) is 0. The van der Waals surface area contributed by atoms with Crippen molar-refractivity contribution in [3.8, 4) is 0 Å². The van der Waals surface area contributed by atoms with Gasteiger partial charge in [-0.1, -0.05) is 6.08 Å². The van der Waals surface area contributed by atoms with Gasteiger partial charge in [-0.25, -0.2) is 0 Å². The first-order valence-electron chi connectivity index (χ1n) is 4.70. The summed E-state index contributed by atoms with van der Waals surface area (Å²) in [6.45, 7) is 7.48. The third kappa shape index (κ3) is 3.95. The third-order valence-corrected chi connectivity index (χ3v) is 1.86. The number of hydrogen-bond donors (Lipinski definition) is 1.